The molecule has 0 aromatic heterocycles. The van der Waals surface area contributed by atoms with Crippen LogP contribution in [0.25, 0.3) is 0 Å². The summed E-state index contributed by atoms with van der Waals surface area (Å²) < 4.78 is 5.19. The number of thioether (sulfide) groups is 1. The zero-order valence-electron chi connectivity index (χ0n) is 10.7. The second-order valence-electron chi connectivity index (χ2n) is 5.71. The molecule has 0 radical (unpaired) electrons. The van der Waals surface area contributed by atoms with Crippen molar-refractivity contribution in [3.05, 3.63) is 12.2 Å². The van der Waals surface area contributed by atoms with E-state index in [0.717, 1.165) is 17.6 Å². The predicted molar refractivity (Wildman–Crippen MR) is 71.3 cm³/mol. The number of rotatable bonds is 3. The lowest BCUT2D eigenvalue weighted by Crippen LogP contribution is -2.34. The van der Waals surface area contributed by atoms with Gasteiger partial charge in [0.15, 0.2) is 0 Å². The molecule has 3 atom stereocenters. The third-order valence-electron chi connectivity index (χ3n) is 3.00. The number of nitrogens with one attached hydrogen (secondary N) is 1. The minimum atomic E-state index is -0.409. The summed E-state index contributed by atoms with van der Waals surface area (Å²) in [5.41, 5.74) is -0.409. The first-order valence-electron chi connectivity index (χ1n) is 6.25. The number of amides is 1. The van der Waals surface area contributed by atoms with Gasteiger partial charge in [-0.2, -0.15) is 11.8 Å². The molecular formula is C13H21NO2S. The molecule has 1 amide bonds. The van der Waals surface area contributed by atoms with Crippen LogP contribution in [0.4, 0.5) is 4.79 Å². The average molecular weight is 255 g/mol. The van der Waals surface area contributed by atoms with Crippen molar-refractivity contribution in [3.63, 3.8) is 0 Å². The van der Waals surface area contributed by atoms with Crippen molar-refractivity contribution in [1.82, 2.24) is 5.32 Å². The summed E-state index contributed by atoms with van der Waals surface area (Å²) in [6.07, 6.45) is 6.67. The van der Waals surface area contributed by atoms with E-state index in [9.17, 15) is 4.79 Å². The Morgan fingerprint density at radius 3 is 2.76 bits per heavy atom. The lowest BCUT2D eigenvalue weighted by Gasteiger charge is -2.21. The molecule has 3 nitrogen and oxygen atoms in total. The van der Waals surface area contributed by atoms with Crippen molar-refractivity contribution in [2.24, 2.45) is 5.92 Å². The minimum Gasteiger partial charge on any atom is -0.444 e. The Bertz CT molecular complexity index is 322. The number of carbonyl (C=O) groups excluding carboxylic acids is 1. The van der Waals surface area contributed by atoms with Crippen molar-refractivity contribution < 1.29 is 9.53 Å². The number of hydrogen-bond acceptors (Lipinski definition) is 3. The van der Waals surface area contributed by atoms with Gasteiger partial charge in [-0.1, -0.05) is 12.2 Å². The summed E-state index contributed by atoms with van der Waals surface area (Å²) >= 11 is 2.05. The molecule has 2 bridgehead atoms. The molecule has 2 aliphatic rings. The molecule has 0 saturated carbocycles. The monoisotopic (exact) mass is 255 g/mol. The third-order valence-corrected chi connectivity index (χ3v) is 4.64. The second-order valence-corrected chi connectivity index (χ2v) is 7.20. The Balaban J connectivity index is 1.63. The van der Waals surface area contributed by atoms with Gasteiger partial charge in [0, 0.05) is 17.0 Å². The molecule has 4 heteroatoms. The Labute approximate surface area is 107 Å². The molecule has 0 aromatic rings. The number of hydrogen-bond donors (Lipinski definition) is 1. The molecule has 2 rings (SSSR count). The minimum absolute atomic E-state index is 0.304. The van der Waals surface area contributed by atoms with Crippen LogP contribution in [0, 0.1) is 5.92 Å². The molecule has 0 unspecified atom stereocenters. The first-order chi connectivity index (χ1) is 7.94. The summed E-state index contributed by atoms with van der Waals surface area (Å²) in [4.78, 5) is 11.4. The normalized spacial score (nSPS) is 30.6. The van der Waals surface area contributed by atoms with Gasteiger partial charge >= 0.3 is 6.09 Å². The van der Waals surface area contributed by atoms with E-state index in [1.54, 1.807) is 0 Å². The van der Waals surface area contributed by atoms with E-state index in [2.05, 4.69) is 17.5 Å². The molecule has 0 aromatic carbocycles. The topological polar surface area (TPSA) is 38.3 Å². The molecular weight excluding hydrogens is 234 g/mol. The molecule has 1 fully saturated rings. The second kappa shape index (κ2) is 4.92. The van der Waals surface area contributed by atoms with Crippen molar-refractivity contribution in [2.45, 2.75) is 49.7 Å². The summed E-state index contributed by atoms with van der Waals surface area (Å²) in [6.45, 7) is 6.35. The van der Waals surface area contributed by atoms with Gasteiger partial charge < -0.3 is 10.1 Å². The van der Waals surface area contributed by atoms with E-state index in [1.165, 1.54) is 6.42 Å². The SMILES string of the molecule is CC(C)(C)OC(=O)NCC[C@@H]1S[C@H]2C=C[C@@H]1C2. The lowest BCUT2D eigenvalue weighted by atomic mass is 10.0. The number of allylic oxidation sites excluding steroid dienone is 1. The highest BCUT2D eigenvalue weighted by atomic mass is 32.2. The summed E-state index contributed by atoms with van der Waals surface area (Å²) in [5, 5.41) is 4.24. The van der Waals surface area contributed by atoms with Gasteiger partial charge in [-0.05, 0) is 39.5 Å². The highest BCUT2D eigenvalue weighted by molar-refractivity contribution is 8.01. The quantitative estimate of drug-likeness (QED) is 0.788. The van der Waals surface area contributed by atoms with Crippen molar-refractivity contribution >= 4 is 17.9 Å². The lowest BCUT2D eigenvalue weighted by molar-refractivity contribution is 0.0527. The summed E-state index contributed by atoms with van der Waals surface area (Å²) in [7, 11) is 0. The third kappa shape index (κ3) is 3.66. The van der Waals surface area contributed by atoms with Crippen LogP contribution in [0.5, 0.6) is 0 Å². The van der Waals surface area contributed by atoms with Gasteiger partial charge in [0.05, 0.1) is 0 Å². The maximum Gasteiger partial charge on any atom is 0.407 e. The Hall–Kier alpha value is -0.640. The van der Waals surface area contributed by atoms with Crippen LogP contribution in [0.15, 0.2) is 12.2 Å². The van der Waals surface area contributed by atoms with Gasteiger partial charge in [-0.15, -0.1) is 0 Å². The number of alkyl carbamates (subject to hydrolysis) is 1. The van der Waals surface area contributed by atoms with E-state index in [4.69, 9.17) is 4.74 Å². The molecule has 1 saturated heterocycles. The fraction of sp³-hybridized carbons (Fsp3) is 0.769. The molecule has 17 heavy (non-hydrogen) atoms. The largest absolute Gasteiger partial charge is 0.444 e. The molecule has 1 aliphatic heterocycles. The zero-order chi connectivity index (χ0) is 12.5. The summed E-state index contributed by atoms with van der Waals surface area (Å²) in [5.74, 6) is 0.727. The highest BCUT2D eigenvalue weighted by Crippen LogP contribution is 2.45. The number of fused-ring (bicyclic) bond motifs is 2. The molecule has 1 aliphatic carbocycles. The molecule has 1 N–H and O–H groups in total. The molecule has 0 spiro atoms. The van der Waals surface area contributed by atoms with E-state index in [1.807, 2.05) is 32.5 Å². The summed E-state index contributed by atoms with van der Waals surface area (Å²) in [6, 6.07) is 0. The van der Waals surface area contributed by atoms with Gasteiger partial charge in [0.1, 0.15) is 5.60 Å². The Morgan fingerprint density at radius 1 is 1.47 bits per heavy atom. The van der Waals surface area contributed by atoms with Crippen LogP contribution in [0.2, 0.25) is 0 Å². The van der Waals surface area contributed by atoms with E-state index in [-0.39, 0.29) is 6.09 Å². The van der Waals surface area contributed by atoms with Crippen LogP contribution < -0.4 is 5.32 Å². The number of carbonyl (C=O) groups is 1. The van der Waals surface area contributed by atoms with Crippen LogP contribution in [-0.2, 0) is 4.74 Å². The number of ether oxygens (including phenoxy) is 1. The predicted octanol–water partition coefficient (Wildman–Crippen LogP) is 2.96. The van der Waals surface area contributed by atoms with Crippen LogP contribution in [0.1, 0.15) is 33.6 Å². The average Bonchev–Trinajstić information content (AvgIpc) is 2.75. The fourth-order valence-corrected chi connectivity index (χ4v) is 3.93. The van der Waals surface area contributed by atoms with Crippen LogP contribution in [-0.4, -0.2) is 28.7 Å². The van der Waals surface area contributed by atoms with Crippen LogP contribution in [0.3, 0.4) is 0 Å². The van der Waals surface area contributed by atoms with Gasteiger partial charge in [-0.3, -0.25) is 0 Å². The van der Waals surface area contributed by atoms with Gasteiger partial charge in [0.25, 0.3) is 0 Å². The molecule has 1 heterocycles. The van der Waals surface area contributed by atoms with E-state index >= 15 is 0 Å². The standard InChI is InChI=1S/C13H21NO2S/c1-13(2,3)16-12(15)14-7-6-11-9-4-5-10(8-9)17-11/h4-5,9-11H,6-8H2,1-3H3,(H,14,15)/t9-,10+,11+/m1/s1. The maximum atomic E-state index is 11.4. The fourth-order valence-electron chi connectivity index (χ4n) is 2.31. The first-order valence-corrected chi connectivity index (χ1v) is 7.19. The zero-order valence-corrected chi connectivity index (χ0v) is 11.5. The van der Waals surface area contributed by atoms with Crippen LogP contribution >= 0.6 is 11.8 Å². The van der Waals surface area contributed by atoms with Gasteiger partial charge in [0.2, 0.25) is 0 Å². The van der Waals surface area contributed by atoms with E-state index < -0.39 is 5.60 Å². The highest BCUT2D eigenvalue weighted by Gasteiger charge is 2.35. The maximum absolute atomic E-state index is 11.4. The van der Waals surface area contributed by atoms with Crippen molar-refractivity contribution in [2.75, 3.05) is 6.54 Å². The Morgan fingerprint density at radius 2 is 2.24 bits per heavy atom. The molecule has 96 valence electrons. The van der Waals surface area contributed by atoms with Crippen molar-refractivity contribution in [3.8, 4) is 0 Å². The van der Waals surface area contributed by atoms with Gasteiger partial charge in [-0.25, -0.2) is 4.79 Å². The Kier molecular flexibility index (Phi) is 3.71. The smallest absolute Gasteiger partial charge is 0.407 e. The van der Waals surface area contributed by atoms with Crippen molar-refractivity contribution in [1.29, 1.82) is 0 Å². The first kappa shape index (κ1) is 12.8. The van der Waals surface area contributed by atoms with E-state index in [0.29, 0.717) is 11.8 Å².